The van der Waals surface area contributed by atoms with Gasteiger partial charge in [-0.25, -0.2) is 0 Å². The van der Waals surface area contributed by atoms with Gasteiger partial charge in [-0.05, 0) is 23.8 Å². The highest BCUT2D eigenvalue weighted by atomic mass is 32.1. The number of carbonyl (C=O) groups is 1. The molecule has 3 heterocycles. The van der Waals surface area contributed by atoms with Crippen molar-refractivity contribution in [1.82, 2.24) is 9.80 Å². The fourth-order valence-corrected chi connectivity index (χ4v) is 4.12. The van der Waals surface area contributed by atoms with E-state index in [1.165, 1.54) is 4.88 Å². The third-order valence-corrected chi connectivity index (χ3v) is 5.30. The lowest BCUT2D eigenvalue weighted by Gasteiger charge is -2.33. The van der Waals surface area contributed by atoms with E-state index >= 15 is 0 Å². The number of hydrogen-bond acceptors (Lipinski definition) is 4. The van der Waals surface area contributed by atoms with Crippen LogP contribution in [0, 0.1) is 11.8 Å². The van der Waals surface area contributed by atoms with Gasteiger partial charge < -0.3 is 9.64 Å². The summed E-state index contributed by atoms with van der Waals surface area (Å²) in [7, 11) is 1.69. The van der Waals surface area contributed by atoms with E-state index < -0.39 is 0 Å². The SMILES string of the molecule is COCCN1CC[C@H]2CN(Cc3cccs3)C[C@@H]2C1=O. The standard InChI is InChI=1S/C15H22N2O2S/c1-19-7-6-17-5-4-12-9-16(11-14(12)15(17)18)10-13-3-2-8-20-13/h2-3,8,12,14H,4-7,9-11H2,1H3/t12-,14-/m0/s1. The number of hydrogen-bond donors (Lipinski definition) is 0. The first kappa shape index (κ1) is 14.0. The molecule has 5 heteroatoms. The first-order valence-corrected chi connectivity index (χ1v) is 8.18. The zero-order valence-corrected chi connectivity index (χ0v) is 12.8. The molecular weight excluding hydrogens is 272 g/mol. The monoisotopic (exact) mass is 294 g/mol. The van der Waals surface area contributed by atoms with Crippen LogP contribution in [0.15, 0.2) is 17.5 Å². The molecule has 2 atom stereocenters. The Balaban J connectivity index is 1.58. The maximum atomic E-state index is 12.5. The molecule has 3 rings (SSSR count). The molecule has 1 aromatic rings. The molecule has 20 heavy (non-hydrogen) atoms. The lowest BCUT2D eigenvalue weighted by molar-refractivity contribution is -0.140. The van der Waals surface area contributed by atoms with Gasteiger partial charge in [-0.2, -0.15) is 0 Å². The maximum absolute atomic E-state index is 12.5. The number of ether oxygens (including phenoxy) is 1. The van der Waals surface area contributed by atoms with Crippen LogP contribution in [0.4, 0.5) is 0 Å². The average molecular weight is 294 g/mol. The summed E-state index contributed by atoms with van der Waals surface area (Å²) in [5.74, 6) is 1.11. The summed E-state index contributed by atoms with van der Waals surface area (Å²) in [6.07, 6.45) is 1.14. The fourth-order valence-electron chi connectivity index (χ4n) is 3.37. The minimum absolute atomic E-state index is 0.209. The first-order chi connectivity index (χ1) is 9.78. The normalized spacial score (nSPS) is 27.1. The number of nitrogens with zero attached hydrogens (tertiary/aromatic N) is 2. The Labute approximate surface area is 124 Å². The van der Waals surface area contributed by atoms with Crippen molar-refractivity contribution in [1.29, 1.82) is 0 Å². The smallest absolute Gasteiger partial charge is 0.227 e. The van der Waals surface area contributed by atoms with Crippen molar-refractivity contribution in [2.45, 2.75) is 13.0 Å². The topological polar surface area (TPSA) is 32.8 Å². The molecule has 0 aromatic carbocycles. The van der Waals surface area contributed by atoms with Gasteiger partial charge in [0.1, 0.15) is 0 Å². The highest BCUT2D eigenvalue weighted by Gasteiger charge is 2.42. The molecule has 0 aliphatic carbocycles. The molecule has 2 aliphatic rings. The Kier molecular flexibility index (Phi) is 4.38. The number of likely N-dealkylation sites (tertiary alicyclic amines) is 2. The van der Waals surface area contributed by atoms with Gasteiger partial charge >= 0.3 is 0 Å². The van der Waals surface area contributed by atoms with E-state index in [1.807, 2.05) is 4.90 Å². The van der Waals surface area contributed by atoms with Crippen molar-refractivity contribution in [3.8, 4) is 0 Å². The number of rotatable bonds is 5. The van der Waals surface area contributed by atoms with Gasteiger partial charge in [0.05, 0.1) is 12.5 Å². The second-order valence-electron chi connectivity index (χ2n) is 5.75. The average Bonchev–Trinajstić information content (AvgIpc) is 3.08. The third kappa shape index (κ3) is 2.90. The Morgan fingerprint density at radius 2 is 2.35 bits per heavy atom. The molecule has 0 saturated carbocycles. The molecule has 2 fully saturated rings. The molecule has 0 N–H and O–H groups in total. The maximum Gasteiger partial charge on any atom is 0.227 e. The summed E-state index contributed by atoms with van der Waals surface area (Å²) in [6, 6.07) is 4.28. The minimum Gasteiger partial charge on any atom is -0.383 e. The Morgan fingerprint density at radius 3 is 3.10 bits per heavy atom. The molecule has 1 aromatic heterocycles. The molecule has 2 saturated heterocycles. The van der Waals surface area contributed by atoms with E-state index in [0.717, 1.165) is 39.1 Å². The number of methoxy groups -OCH3 is 1. The van der Waals surface area contributed by atoms with Crippen LogP contribution in [0.5, 0.6) is 0 Å². The second kappa shape index (κ2) is 6.24. The third-order valence-electron chi connectivity index (χ3n) is 4.44. The zero-order valence-electron chi connectivity index (χ0n) is 12.0. The van der Waals surface area contributed by atoms with Gasteiger partial charge in [-0.1, -0.05) is 6.07 Å². The second-order valence-corrected chi connectivity index (χ2v) is 6.78. The summed E-state index contributed by atoms with van der Waals surface area (Å²) in [5, 5.41) is 2.12. The lowest BCUT2D eigenvalue weighted by atomic mass is 9.88. The van der Waals surface area contributed by atoms with Crippen molar-refractivity contribution in [2.24, 2.45) is 11.8 Å². The van der Waals surface area contributed by atoms with Gasteiger partial charge in [-0.15, -0.1) is 11.3 Å². The Morgan fingerprint density at radius 1 is 1.45 bits per heavy atom. The van der Waals surface area contributed by atoms with Crippen LogP contribution in [-0.2, 0) is 16.1 Å². The quantitative estimate of drug-likeness (QED) is 0.828. The summed E-state index contributed by atoms with van der Waals surface area (Å²) in [5.41, 5.74) is 0. The molecule has 0 radical (unpaired) electrons. The Hall–Kier alpha value is -0.910. The van der Waals surface area contributed by atoms with Crippen LogP contribution in [0.25, 0.3) is 0 Å². The van der Waals surface area contributed by atoms with E-state index in [1.54, 1.807) is 18.4 Å². The van der Waals surface area contributed by atoms with Crippen molar-refractivity contribution in [3.63, 3.8) is 0 Å². The van der Waals surface area contributed by atoms with Crippen LogP contribution in [0.1, 0.15) is 11.3 Å². The molecule has 4 nitrogen and oxygen atoms in total. The highest BCUT2D eigenvalue weighted by Crippen LogP contribution is 2.33. The van der Waals surface area contributed by atoms with Gasteiger partial charge in [0, 0.05) is 44.7 Å². The van der Waals surface area contributed by atoms with Gasteiger partial charge in [0.15, 0.2) is 0 Å². The number of carbonyl (C=O) groups excluding carboxylic acids is 1. The van der Waals surface area contributed by atoms with Crippen molar-refractivity contribution < 1.29 is 9.53 Å². The van der Waals surface area contributed by atoms with Crippen LogP contribution in [0.3, 0.4) is 0 Å². The van der Waals surface area contributed by atoms with Crippen LogP contribution < -0.4 is 0 Å². The Bertz CT molecular complexity index is 449. The summed E-state index contributed by atoms with van der Waals surface area (Å²) in [4.78, 5) is 18.3. The molecule has 2 aliphatic heterocycles. The molecule has 0 spiro atoms. The predicted octanol–water partition coefficient (Wildman–Crippen LogP) is 1.67. The molecular formula is C15H22N2O2S. The van der Waals surface area contributed by atoms with E-state index in [2.05, 4.69) is 22.4 Å². The van der Waals surface area contributed by atoms with Crippen LogP contribution >= 0.6 is 11.3 Å². The number of fused-ring (bicyclic) bond motifs is 1. The minimum atomic E-state index is 0.209. The van der Waals surface area contributed by atoms with Crippen LogP contribution in [-0.4, -0.2) is 55.6 Å². The number of thiophene rings is 1. The van der Waals surface area contributed by atoms with Gasteiger partial charge in [0.2, 0.25) is 5.91 Å². The van der Waals surface area contributed by atoms with Gasteiger partial charge in [-0.3, -0.25) is 9.69 Å². The molecule has 0 unspecified atom stereocenters. The van der Waals surface area contributed by atoms with E-state index in [9.17, 15) is 4.79 Å². The van der Waals surface area contributed by atoms with Crippen LogP contribution in [0.2, 0.25) is 0 Å². The molecule has 0 bridgehead atoms. The van der Waals surface area contributed by atoms with E-state index in [4.69, 9.17) is 4.74 Å². The van der Waals surface area contributed by atoms with E-state index in [-0.39, 0.29) is 5.92 Å². The van der Waals surface area contributed by atoms with Crippen molar-refractivity contribution >= 4 is 17.2 Å². The lowest BCUT2D eigenvalue weighted by Crippen LogP contribution is -2.46. The van der Waals surface area contributed by atoms with Crippen molar-refractivity contribution in [3.05, 3.63) is 22.4 Å². The van der Waals surface area contributed by atoms with E-state index in [0.29, 0.717) is 18.4 Å². The first-order valence-electron chi connectivity index (χ1n) is 7.30. The van der Waals surface area contributed by atoms with Gasteiger partial charge in [0.25, 0.3) is 0 Å². The predicted molar refractivity (Wildman–Crippen MR) is 79.6 cm³/mol. The molecule has 1 amide bonds. The largest absolute Gasteiger partial charge is 0.383 e. The number of piperidine rings is 1. The summed E-state index contributed by atoms with van der Waals surface area (Å²) < 4.78 is 5.09. The zero-order chi connectivity index (χ0) is 13.9. The number of amides is 1. The highest BCUT2D eigenvalue weighted by molar-refractivity contribution is 7.09. The summed E-state index contributed by atoms with van der Waals surface area (Å²) >= 11 is 1.80. The molecule has 110 valence electrons. The fraction of sp³-hybridized carbons (Fsp3) is 0.667. The van der Waals surface area contributed by atoms with Crippen molar-refractivity contribution in [2.75, 3.05) is 39.9 Å². The summed E-state index contributed by atoms with van der Waals surface area (Å²) in [6.45, 7) is 5.27.